The summed E-state index contributed by atoms with van der Waals surface area (Å²) in [4.78, 5) is 0. The second-order valence-corrected chi connectivity index (χ2v) is 7.82. The van der Waals surface area contributed by atoms with Crippen LogP contribution in [-0.4, -0.2) is 0 Å². The molecule has 2 aliphatic rings. The molecule has 0 N–H and O–H groups in total. The lowest BCUT2D eigenvalue weighted by atomic mass is 9.65. The summed E-state index contributed by atoms with van der Waals surface area (Å²) in [6.45, 7) is 4.81. The van der Waals surface area contributed by atoms with Gasteiger partial charge in [0.25, 0.3) is 0 Å². The smallest absolute Gasteiger partial charge is 0.0155 e. The second kappa shape index (κ2) is 4.83. The Kier molecular flexibility index (Phi) is 2.83. The molecule has 0 saturated carbocycles. The van der Waals surface area contributed by atoms with Gasteiger partial charge in [0, 0.05) is 5.41 Å². The average Bonchev–Trinajstić information content (AvgIpc) is 2.59. The summed E-state index contributed by atoms with van der Waals surface area (Å²) in [6.07, 6.45) is 3.24. The molecule has 5 rings (SSSR count). The molecule has 0 nitrogen and oxygen atoms in total. The van der Waals surface area contributed by atoms with Crippen LogP contribution in [0.2, 0.25) is 0 Å². The first-order chi connectivity index (χ1) is 11.6. The summed E-state index contributed by atoms with van der Waals surface area (Å²) in [7, 11) is 0. The van der Waals surface area contributed by atoms with E-state index in [1.54, 1.807) is 11.1 Å². The molecule has 118 valence electrons. The molecule has 0 amide bonds. The van der Waals surface area contributed by atoms with Crippen molar-refractivity contribution < 1.29 is 0 Å². The van der Waals surface area contributed by atoms with Gasteiger partial charge in [-0.1, -0.05) is 74.5 Å². The topological polar surface area (TPSA) is 0 Å². The predicted molar refractivity (Wildman–Crippen MR) is 99.9 cm³/mol. The first-order valence-electron chi connectivity index (χ1n) is 8.94. The van der Waals surface area contributed by atoms with Gasteiger partial charge in [-0.3, -0.25) is 0 Å². The highest BCUT2D eigenvalue weighted by Gasteiger charge is 2.35. The third-order valence-electron chi connectivity index (χ3n) is 6.06. The van der Waals surface area contributed by atoms with Crippen LogP contribution in [0.1, 0.15) is 58.4 Å². The zero-order valence-corrected chi connectivity index (χ0v) is 14.4. The lowest BCUT2D eigenvalue weighted by Crippen LogP contribution is -2.30. The Morgan fingerprint density at radius 3 is 1.96 bits per heavy atom. The van der Waals surface area contributed by atoms with E-state index < -0.39 is 0 Å². The van der Waals surface area contributed by atoms with Gasteiger partial charge >= 0.3 is 0 Å². The van der Waals surface area contributed by atoms with Gasteiger partial charge in [0.2, 0.25) is 0 Å². The van der Waals surface area contributed by atoms with Crippen LogP contribution in [0.25, 0.3) is 0 Å². The van der Waals surface area contributed by atoms with Crippen molar-refractivity contribution in [3.63, 3.8) is 0 Å². The van der Waals surface area contributed by atoms with E-state index in [2.05, 4.69) is 74.5 Å². The molecule has 0 radical (unpaired) electrons. The summed E-state index contributed by atoms with van der Waals surface area (Å²) >= 11 is 0. The van der Waals surface area contributed by atoms with E-state index in [0.29, 0.717) is 0 Å². The minimum atomic E-state index is 0.0851. The normalized spacial score (nSPS) is 16.6. The van der Waals surface area contributed by atoms with E-state index in [1.165, 1.54) is 33.4 Å². The van der Waals surface area contributed by atoms with Crippen molar-refractivity contribution in [2.75, 3.05) is 0 Å². The van der Waals surface area contributed by atoms with Crippen LogP contribution in [-0.2, 0) is 24.7 Å². The second-order valence-electron chi connectivity index (χ2n) is 7.82. The maximum Gasteiger partial charge on any atom is 0.0155 e. The third kappa shape index (κ3) is 1.86. The van der Waals surface area contributed by atoms with Crippen molar-refractivity contribution >= 4 is 0 Å². The van der Waals surface area contributed by atoms with Gasteiger partial charge in [0.05, 0.1) is 0 Å². The summed E-state index contributed by atoms with van der Waals surface area (Å²) in [6, 6.07) is 22.7. The zero-order chi connectivity index (χ0) is 16.3. The van der Waals surface area contributed by atoms with Crippen molar-refractivity contribution in [2.45, 2.75) is 38.5 Å². The summed E-state index contributed by atoms with van der Waals surface area (Å²) < 4.78 is 0. The van der Waals surface area contributed by atoms with Crippen LogP contribution >= 0.6 is 0 Å². The molecule has 24 heavy (non-hydrogen) atoms. The average molecular weight is 310 g/mol. The van der Waals surface area contributed by atoms with Crippen molar-refractivity contribution in [2.24, 2.45) is 0 Å². The van der Waals surface area contributed by atoms with Gasteiger partial charge in [-0.15, -0.1) is 0 Å². The highest BCUT2D eigenvalue weighted by molar-refractivity contribution is 5.60. The van der Waals surface area contributed by atoms with Gasteiger partial charge in [-0.05, 0) is 63.8 Å². The molecule has 0 fully saturated rings. The molecule has 2 aliphatic carbocycles. The molecule has 3 aromatic rings. The minimum absolute atomic E-state index is 0.0851. The quantitative estimate of drug-likeness (QED) is 0.407. The number of hydrogen-bond acceptors (Lipinski definition) is 0. The molecule has 0 heterocycles. The van der Waals surface area contributed by atoms with Crippen molar-refractivity contribution in [3.8, 4) is 0 Å². The minimum Gasteiger partial charge on any atom is -0.0620 e. The van der Waals surface area contributed by atoms with Gasteiger partial charge in [0.15, 0.2) is 0 Å². The fourth-order valence-electron chi connectivity index (χ4n) is 4.96. The molecule has 0 bridgehead atoms. The van der Waals surface area contributed by atoms with Crippen molar-refractivity contribution in [3.05, 3.63) is 105 Å². The summed E-state index contributed by atoms with van der Waals surface area (Å²) in [5, 5.41) is 0. The van der Waals surface area contributed by atoms with E-state index in [1.807, 2.05) is 0 Å². The van der Waals surface area contributed by atoms with Gasteiger partial charge in [-0.25, -0.2) is 0 Å². The highest BCUT2D eigenvalue weighted by atomic mass is 14.4. The Morgan fingerprint density at radius 2 is 1.17 bits per heavy atom. The fourth-order valence-corrected chi connectivity index (χ4v) is 4.96. The van der Waals surface area contributed by atoms with E-state index in [0.717, 1.165) is 19.3 Å². The monoisotopic (exact) mass is 310 g/mol. The predicted octanol–water partition coefficient (Wildman–Crippen LogP) is 5.41. The number of fused-ring (bicyclic) bond motifs is 5. The van der Waals surface area contributed by atoms with E-state index in [-0.39, 0.29) is 5.41 Å². The highest BCUT2D eigenvalue weighted by Crippen LogP contribution is 2.45. The maximum absolute atomic E-state index is 2.41. The SMILES string of the molecule is CC1(C)c2ccccc2Cc2ccc3c(c21)Cc1ccccc1C3. The van der Waals surface area contributed by atoms with E-state index >= 15 is 0 Å². The zero-order valence-electron chi connectivity index (χ0n) is 14.4. The first kappa shape index (κ1) is 14.0. The number of benzene rings is 3. The molecule has 0 saturated heterocycles. The molecule has 0 atom stereocenters. The molecule has 0 spiro atoms. The molecule has 0 aromatic heterocycles. The van der Waals surface area contributed by atoms with Crippen LogP contribution in [0, 0.1) is 0 Å². The fraction of sp³-hybridized carbons (Fsp3) is 0.250. The van der Waals surface area contributed by atoms with Crippen LogP contribution in [0.3, 0.4) is 0 Å². The largest absolute Gasteiger partial charge is 0.0620 e. The van der Waals surface area contributed by atoms with E-state index in [9.17, 15) is 0 Å². The Morgan fingerprint density at radius 1 is 0.583 bits per heavy atom. The van der Waals surface area contributed by atoms with Gasteiger partial charge in [-0.2, -0.15) is 0 Å². The van der Waals surface area contributed by atoms with Crippen LogP contribution in [0.4, 0.5) is 0 Å². The molecule has 0 heteroatoms. The first-order valence-corrected chi connectivity index (χ1v) is 8.94. The third-order valence-corrected chi connectivity index (χ3v) is 6.06. The number of hydrogen-bond donors (Lipinski definition) is 0. The van der Waals surface area contributed by atoms with Crippen molar-refractivity contribution in [1.29, 1.82) is 0 Å². The summed E-state index contributed by atoms with van der Waals surface area (Å²) in [5.74, 6) is 0. The lowest BCUT2D eigenvalue weighted by molar-refractivity contribution is 0.601. The lowest BCUT2D eigenvalue weighted by Gasteiger charge is -2.39. The van der Waals surface area contributed by atoms with Crippen LogP contribution < -0.4 is 0 Å². The Balaban J connectivity index is 1.74. The maximum atomic E-state index is 2.41. The Bertz CT molecular complexity index is 960. The molecular weight excluding hydrogens is 288 g/mol. The number of rotatable bonds is 0. The van der Waals surface area contributed by atoms with Crippen molar-refractivity contribution in [1.82, 2.24) is 0 Å². The molecular formula is C24H22. The van der Waals surface area contributed by atoms with Crippen LogP contribution in [0.15, 0.2) is 60.7 Å². The van der Waals surface area contributed by atoms with E-state index in [4.69, 9.17) is 0 Å². The Hall–Kier alpha value is -2.34. The standard InChI is InChI=1S/C24H22/c1-24(2)22-10-6-5-9-19(22)14-20-12-11-18-13-16-7-3-4-8-17(16)15-21(18)23(20)24/h3-12H,13-15H2,1-2H3. The van der Waals surface area contributed by atoms with Gasteiger partial charge in [0.1, 0.15) is 0 Å². The molecule has 0 aliphatic heterocycles. The Labute approximate surface area is 144 Å². The van der Waals surface area contributed by atoms with Crippen LogP contribution in [0.5, 0.6) is 0 Å². The molecule has 0 unspecified atom stereocenters. The summed E-state index contributed by atoms with van der Waals surface area (Å²) in [5.41, 5.74) is 12.3. The molecule has 3 aromatic carbocycles. The van der Waals surface area contributed by atoms with Gasteiger partial charge < -0.3 is 0 Å².